The molecule has 1 aromatic carbocycles. The Kier molecular flexibility index (Phi) is 6.89. The van der Waals surface area contributed by atoms with Gasteiger partial charge in [-0.25, -0.2) is 0 Å². The number of benzene rings is 1. The third kappa shape index (κ3) is 5.50. The van der Waals surface area contributed by atoms with Crippen molar-refractivity contribution in [3.8, 4) is 0 Å². The number of hydrogen-bond acceptors (Lipinski definition) is 3. The van der Waals surface area contributed by atoms with Crippen molar-refractivity contribution in [2.75, 3.05) is 0 Å². The second-order valence-electron chi connectivity index (χ2n) is 7.00. The number of fused-ring (bicyclic) bond motifs is 1. The third-order valence-corrected chi connectivity index (χ3v) is 5.15. The summed E-state index contributed by atoms with van der Waals surface area (Å²) in [6.07, 6.45) is 3.65. The molecule has 0 atom stereocenters. The van der Waals surface area contributed by atoms with Crippen LogP contribution < -0.4 is 0 Å². The molecule has 0 amide bonds. The molecule has 25 heavy (non-hydrogen) atoms. The van der Waals surface area contributed by atoms with Crippen LogP contribution in [0, 0.1) is 6.92 Å². The van der Waals surface area contributed by atoms with Gasteiger partial charge in [0.05, 0.1) is 5.52 Å². The Morgan fingerprint density at radius 3 is 2.52 bits per heavy atom. The van der Waals surface area contributed by atoms with E-state index in [1.54, 1.807) is 0 Å². The van der Waals surface area contributed by atoms with Gasteiger partial charge in [0.15, 0.2) is 0 Å². The van der Waals surface area contributed by atoms with E-state index in [-0.39, 0.29) is 5.41 Å². The van der Waals surface area contributed by atoms with Crippen LogP contribution in [-0.2, 0) is 16.6 Å². The number of aromatic nitrogens is 1. The molecule has 0 saturated heterocycles. The van der Waals surface area contributed by atoms with E-state index in [2.05, 4.69) is 68.6 Å². The van der Waals surface area contributed by atoms with Crippen LogP contribution in [0.2, 0.25) is 0 Å². The molecular formula is C22H27NOS. The minimum atomic E-state index is 0.0569. The number of aryl methyl sites for hydroxylation is 1. The molecule has 2 heterocycles. The highest BCUT2D eigenvalue weighted by molar-refractivity contribution is 7.10. The summed E-state index contributed by atoms with van der Waals surface area (Å²) in [6, 6.07) is 14.9. The summed E-state index contributed by atoms with van der Waals surface area (Å²) < 4.78 is 0. The average Bonchev–Trinajstić information content (AvgIpc) is 3.00. The van der Waals surface area contributed by atoms with E-state index in [9.17, 15) is 4.79 Å². The van der Waals surface area contributed by atoms with Crippen LogP contribution in [0.25, 0.3) is 10.9 Å². The SMILES string of the molecule is CCCC=O.Cc1csc(CC(C)(C)c2ccc3ccccc3n2)c1. The molecule has 0 aliphatic rings. The number of unbranched alkanes of at least 4 members (excludes halogenated alkanes) is 1. The van der Waals surface area contributed by atoms with Gasteiger partial charge in [-0.15, -0.1) is 11.3 Å². The number of para-hydroxylation sites is 1. The minimum absolute atomic E-state index is 0.0569. The molecule has 0 unspecified atom stereocenters. The van der Waals surface area contributed by atoms with Gasteiger partial charge >= 0.3 is 0 Å². The molecule has 0 spiro atoms. The van der Waals surface area contributed by atoms with Crippen molar-refractivity contribution in [2.24, 2.45) is 0 Å². The summed E-state index contributed by atoms with van der Waals surface area (Å²) >= 11 is 1.85. The lowest BCUT2D eigenvalue weighted by atomic mass is 9.84. The maximum absolute atomic E-state index is 9.40. The van der Waals surface area contributed by atoms with Crippen LogP contribution in [0.1, 0.15) is 49.7 Å². The predicted molar refractivity (Wildman–Crippen MR) is 109 cm³/mol. The number of carbonyl (C=O) groups excluding carboxylic acids is 1. The molecule has 3 aromatic rings. The Labute approximate surface area is 154 Å². The normalized spacial score (nSPS) is 11.0. The lowest BCUT2D eigenvalue weighted by molar-refractivity contribution is -0.107. The Morgan fingerprint density at radius 2 is 1.92 bits per heavy atom. The molecule has 2 aromatic heterocycles. The Hall–Kier alpha value is -2.00. The van der Waals surface area contributed by atoms with Crippen LogP contribution >= 0.6 is 11.3 Å². The fourth-order valence-corrected chi connectivity index (χ4v) is 3.77. The van der Waals surface area contributed by atoms with E-state index in [4.69, 9.17) is 4.98 Å². The van der Waals surface area contributed by atoms with Crippen molar-refractivity contribution in [1.29, 1.82) is 0 Å². The van der Waals surface area contributed by atoms with Gasteiger partial charge in [-0.05, 0) is 48.9 Å². The number of hydrogen-bond donors (Lipinski definition) is 0. The fraction of sp³-hybridized carbons (Fsp3) is 0.364. The number of carbonyl (C=O) groups is 1. The molecule has 0 aliphatic carbocycles. The first-order chi connectivity index (χ1) is 12.0. The summed E-state index contributed by atoms with van der Waals surface area (Å²) in [5.41, 5.74) is 3.66. The van der Waals surface area contributed by atoms with Gasteiger partial charge in [0.2, 0.25) is 0 Å². The van der Waals surface area contributed by atoms with Gasteiger partial charge in [0, 0.05) is 27.8 Å². The molecule has 132 valence electrons. The molecule has 0 aliphatic heterocycles. The molecule has 0 bridgehead atoms. The van der Waals surface area contributed by atoms with E-state index in [0.717, 1.165) is 24.6 Å². The Morgan fingerprint density at radius 1 is 1.16 bits per heavy atom. The first-order valence-electron chi connectivity index (χ1n) is 8.80. The van der Waals surface area contributed by atoms with E-state index in [1.807, 2.05) is 18.3 Å². The number of nitrogens with zero attached hydrogens (tertiary/aromatic N) is 1. The summed E-state index contributed by atoms with van der Waals surface area (Å²) in [6.45, 7) is 8.69. The molecule has 0 saturated carbocycles. The minimum Gasteiger partial charge on any atom is -0.303 e. The highest BCUT2D eigenvalue weighted by Crippen LogP contribution is 2.30. The summed E-state index contributed by atoms with van der Waals surface area (Å²) in [4.78, 5) is 15.7. The van der Waals surface area contributed by atoms with Crippen molar-refractivity contribution in [3.63, 3.8) is 0 Å². The molecular weight excluding hydrogens is 326 g/mol. The highest BCUT2D eigenvalue weighted by Gasteiger charge is 2.23. The monoisotopic (exact) mass is 353 g/mol. The van der Waals surface area contributed by atoms with Crippen molar-refractivity contribution in [3.05, 3.63) is 64.0 Å². The quantitative estimate of drug-likeness (QED) is 0.518. The smallest absolute Gasteiger partial charge is 0.119 e. The van der Waals surface area contributed by atoms with Crippen LogP contribution in [0.3, 0.4) is 0 Å². The van der Waals surface area contributed by atoms with E-state index < -0.39 is 0 Å². The van der Waals surface area contributed by atoms with Crippen LogP contribution in [0.15, 0.2) is 47.8 Å². The van der Waals surface area contributed by atoms with Gasteiger partial charge in [0.1, 0.15) is 6.29 Å². The van der Waals surface area contributed by atoms with E-state index >= 15 is 0 Å². The van der Waals surface area contributed by atoms with E-state index in [1.165, 1.54) is 21.5 Å². The Bertz CT molecular complexity index is 820. The summed E-state index contributed by atoms with van der Waals surface area (Å²) in [7, 11) is 0. The topological polar surface area (TPSA) is 30.0 Å². The summed E-state index contributed by atoms with van der Waals surface area (Å²) in [5.74, 6) is 0. The molecule has 0 N–H and O–H groups in total. The van der Waals surface area contributed by atoms with Crippen molar-refractivity contribution in [2.45, 2.75) is 52.4 Å². The van der Waals surface area contributed by atoms with Crippen molar-refractivity contribution >= 4 is 28.5 Å². The van der Waals surface area contributed by atoms with Gasteiger partial charge in [-0.2, -0.15) is 0 Å². The summed E-state index contributed by atoms with van der Waals surface area (Å²) in [5, 5.41) is 3.43. The first kappa shape index (κ1) is 19.3. The molecule has 3 rings (SSSR count). The third-order valence-electron chi connectivity index (χ3n) is 4.10. The van der Waals surface area contributed by atoms with E-state index in [0.29, 0.717) is 6.42 Å². The lowest BCUT2D eigenvalue weighted by Gasteiger charge is -2.23. The maximum Gasteiger partial charge on any atom is 0.119 e. The zero-order valence-electron chi connectivity index (χ0n) is 15.6. The van der Waals surface area contributed by atoms with Gasteiger partial charge in [0.25, 0.3) is 0 Å². The standard InChI is InChI=1S/C18H19NS.C4H8O/c1-13-10-15(20-12-13)11-18(2,3)17-9-8-14-6-4-5-7-16(14)19-17;1-2-3-4-5/h4-10,12H,11H2,1-3H3;4H,2-3H2,1H3. The molecule has 0 radical (unpaired) electrons. The number of thiophene rings is 1. The zero-order chi connectivity index (χ0) is 18.3. The van der Waals surface area contributed by atoms with Crippen LogP contribution in [0.4, 0.5) is 0 Å². The van der Waals surface area contributed by atoms with Crippen LogP contribution in [-0.4, -0.2) is 11.3 Å². The second kappa shape index (κ2) is 8.91. The van der Waals surface area contributed by atoms with Crippen molar-refractivity contribution in [1.82, 2.24) is 4.98 Å². The number of aldehydes is 1. The predicted octanol–water partition coefficient (Wildman–Crippen LogP) is 6.11. The van der Waals surface area contributed by atoms with Crippen molar-refractivity contribution < 1.29 is 4.79 Å². The number of rotatable bonds is 5. The van der Waals surface area contributed by atoms with Gasteiger partial charge in [-0.3, -0.25) is 4.98 Å². The Balaban J connectivity index is 0.000000399. The van der Waals surface area contributed by atoms with Gasteiger partial charge in [-0.1, -0.05) is 45.0 Å². The zero-order valence-corrected chi connectivity index (χ0v) is 16.4. The first-order valence-corrected chi connectivity index (χ1v) is 9.68. The molecule has 0 fully saturated rings. The largest absolute Gasteiger partial charge is 0.303 e. The average molecular weight is 354 g/mol. The van der Waals surface area contributed by atoms with Gasteiger partial charge < -0.3 is 4.79 Å². The number of pyridine rings is 1. The second-order valence-corrected chi connectivity index (χ2v) is 7.99. The van der Waals surface area contributed by atoms with Crippen LogP contribution in [0.5, 0.6) is 0 Å². The molecule has 3 heteroatoms. The highest BCUT2D eigenvalue weighted by atomic mass is 32.1. The molecule has 2 nitrogen and oxygen atoms in total. The maximum atomic E-state index is 9.40. The lowest BCUT2D eigenvalue weighted by Crippen LogP contribution is -2.21. The fourth-order valence-electron chi connectivity index (χ4n) is 2.67.